The number of nitrogens with zero attached hydrogens (tertiary/aromatic N) is 1. The first-order valence-electron chi connectivity index (χ1n) is 7.78. The van der Waals surface area contributed by atoms with Gasteiger partial charge in [0.1, 0.15) is 0 Å². The van der Waals surface area contributed by atoms with Crippen molar-refractivity contribution in [1.82, 2.24) is 15.5 Å². The van der Waals surface area contributed by atoms with Crippen molar-refractivity contribution in [1.29, 1.82) is 0 Å². The highest BCUT2D eigenvalue weighted by Gasteiger charge is 2.18. The molecule has 2 aliphatic rings. The highest BCUT2D eigenvalue weighted by molar-refractivity contribution is 5.62. The summed E-state index contributed by atoms with van der Waals surface area (Å²) in [4.78, 5) is 0. The molecule has 2 heterocycles. The van der Waals surface area contributed by atoms with Crippen LogP contribution in [0.15, 0.2) is 24.3 Å². The minimum atomic E-state index is 0.597. The van der Waals surface area contributed by atoms with Gasteiger partial charge < -0.3 is 5.32 Å². The second-order valence-corrected chi connectivity index (χ2v) is 6.09. The lowest BCUT2D eigenvalue weighted by atomic mass is 9.95. The lowest BCUT2D eigenvalue weighted by Gasteiger charge is -2.21. The van der Waals surface area contributed by atoms with Crippen molar-refractivity contribution >= 4 is 0 Å². The van der Waals surface area contributed by atoms with E-state index in [-0.39, 0.29) is 0 Å². The van der Waals surface area contributed by atoms with Gasteiger partial charge in [-0.2, -0.15) is 5.10 Å². The predicted molar refractivity (Wildman–Crippen MR) is 80.9 cm³/mol. The molecule has 1 aromatic heterocycles. The van der Waals surface area contributed by atoms with E-state index in [1.807, 2.05) is 0 Å². The molecule has 0 bridgehead atoms. The fourth-order valence-electron chi connectivity index (χ4n) is 3.54. The molecular weight excluding hydrogens is 246 g/mol. The first-order chi connectivity index (χ1) is 9.90. The normalized spacial score (nSPS) is 21.9. The Bertz CT molecular complexity index is 608. The Kier molecular flexibility index (Phi) is 3.07. The van der Waals surface area contributed by atoms with Gasteiger partial charge in [-0.25, -0.2) is 0 Å². The van der Waals surface area contributed by atoms with Crippen LogP contribution in [0.1, 0.15) is 42.0 Å². The van der Waals surface area contributed by atoms with Crippen molar-refractivity contribution in [3.63, 3.8) is 0 Å². The van der Waals surface area contributed by atoms with Crippen molar-refractivity contribution in [3.05, 3.63) is 41.1 Å². The van der Waals surface area contributed by atoms with E-state index < -0.39 is 0 Å². The van der Waals surface area contributed by atoms with Crippen LogP contribution < -0.4 is 5.32 Å². The number of hydrogen-bond donors (Lipinski definition) is 2. The number of aromatic amines is 1. The van der Waals surface area contributed by atoms with E-state index in [0.29, 0.717) is 5.92 Å². The molecule has 0 saturated carbocycles. The average molecular weight is 267 g/mol. The van der Waals surface area contributed by atoms with Crippen LogP contribution in [0.3, 0.4) is 0 Å². The molecule has 0 amide bonds. The molecule has 1 aliphatic heterocycles. The van der Waals surface area contributed by atoms with Crippen molar-refractivity contribution in [2.45, 2.75) is 38.0 Å². The van der Waals surface area contributed by atoms with E-state index in [1.165, 1.54) is 54.5 Å². The fraction of sp³-hybridized carbons (Fsp3) is 0.471. The molecule has 2 aromatic rings. The van der Waals surface area contributed by atoms with E-state index in [4.69, 9.17) is 0 Å². The van der Waals surface area contributed by atoms with Gasteiger partial charge in [-0.15, -0.1) is 0 Å². The predicted octanol–water partition coefficient (Wildman–Crippen LogP) is 3.03. The van der Waals surface area contributed by atoms with E-state index in [0.717, 1.165) is 18.8 Å². The lowest BCUT2D eigenvalue weighted by Crippen LogP contribution is -2.28. The summed E-state index contributed by atoms with van der Waals surface area (Å²) >= 11 is 0. The van der Waals surface area contributed by atoms with Crippen LogP contribution in [0.5, 0.6) is 0 Å². The SMILES string of the molecule is c1cc2c(cc1-c1cc(C3CCCNC3)[nH]n1)CCC2. The number of nitrogens with one attached hydrogen (secondary N) is 2. The summed E-state index contributed by atoms with van der Waals surface area (Å²) < 4.78 is 0. The molecule has 20 heavy (non-hydrogen) atoms. The van der Waals surface area contributed by atoms with Gasteiger partial charge in [0, 0.05) is 23.7 Å². The minimum absolute atomic E-state index is 0.597. The number of aryl methyl sites for hydroxylation is 2. The average Bonchev–Trinajstić information content (AvgIpc) is 3.16. The summed E-state index contributed by atoms with van der Waals surface area (Å²) in [6.07, 6.45) is 6.30. The zero-order valence-corrected chi connectivity index (χ0v) is 11.8. The quantitative estimate of drug-likeness (QED) is 0.878. The molecular formula is C17H21N3. The van der Waals surface area contributed by atoms with Gasteiger partial charge in [-0.3, -0.25) is 5.10 Å². The summed E-state index contributed by atoms with van der Waals surface area (Å²) in [6.45, 7) is 2.23. The molecule has 2 N–H and O–H groups in total. The zero-order valence-electron chi connectivity index (χ0n) is 11.8. The molecule has 0 radical (unpaired) electrons. The van der Waals surface area contributed by atoms with Crippen molar-refractivity contribution < 1.29 is 0 Å². The lowest BCUT2D eigenvalue weighted by molar-refractivity contribution is 0.454. The van der Waals surface area contributed by atoms with Gasteiger partial charge >= 0.3 is 0 Å². The second-order valence-electron chi connectivity index (χ2n) is 6.09. The first kappa shape index (κ1) is 12.2. The number of hydrogen-bond acceptors (Lipinski definition) is 2. The molecule has 4 rings (SSSR count). The molecule has 3 nitrogen and oxygen atoms in total. The smallest absolute Gasteiger partial charge is 0.0923 e. The highest BCUT2D eigenvalue weighted by atomic mass is 15.1. The van der Waals surface area contributed by atoms with Crippen molar-refractivity contribution in [2.24, 2.45) is 0 Å². The van der Waals surface area contributed by atoms with Gasteiger partial charge in [0.05, 0.1) is 5.69 Å². The van der Waals surface area contributed by atoms with Crippen LogP contribution in [0.2, 0.25) is 0 Å². The van der Waals surface area contributed by atoms with E-state index >= 15 is 0 Å². The topological polar surface area (TPSA) is 40.7 Å². The summed E-state index contributed by atoms with van der Waals surface area (Å²) in [5, 5.41) is 11.3. The van der Waals surface area contributed by atoms with Crippen LogP contribution in [0.25, 0.3) is 11.3 Å². The summed E-state index contributed by atoms with van der Waals surface area (Å²) in [5.41, 5.74) is 6.69. The number of H-pyrrole nitrogens is 1. The fourth-order valence-corrected chi connectivity index (χ4v) is 3.54. The maximum absolute atomic E-state index is 4.53. The molecule has 1 aliphatic carbocycles. The van der Waals surface area contributed by atoms with E-state index in [1.54, 1.807) is 0 Å². The summed E-state index contributed by atoms with van der Waals surface area (Å²) in [6, 6.07) is 9.09. The van der Waals surface area contributed by atoms with Crippen LogP contribution in [0, 0.1) is 0 Å². The number of piperidine rings is 1. The molecule has 0 spiro atoms. The van der Waals surface area contributed by atoms with Crippen LogP contribution in [-0.4, -0.2) is 23.3 Å². The molecule has 104 valence electrons. The van der Waals surface area contributed by atoms with Gasteiger partial charge in [-0.1, -0.05) is 12.1 Å². The number of fused-ring (bicyclic) bond motifs is 1. The minimum Gasteiger partial charge on any atom is -0.316 e. The van der Waals surface area contributed by atoms with Crippen LogP contribution in [0.4, 0.5) is 0 Å². The zero-order chi connectivity index (χ0) is 13.4. The van der Waals surface area contributed by atoms with Gasteiger partial charge in [0.15, 0.2) is 0 Å². The monoisotopic (exact) mass is 267 g/mol. The molecule has 3 heteroatoms. The molecule has 1 fully saturated rings. The van der Waals surface area contributed by atoms with E-state index in [9.17, 15) is 0 Å². The van der Waals surface area contributed by atoms with Crippen LogP contribution >= 0.6 is 0 Å². The maximum Gasteiger partial charge on any atom is 0.0923 e. The van der Waals surface area contributed by atoms with Gasteiger partial charge in [0.2, 0.25) is 0 Å². The summed E-state index contributed by atoms with van der Waals surface area (Å²) in [5.74, 6) is 0.597. The largest absolute Gasteiger partial charge is 0.316 e. The second kappa shape index (κ2) is 5.06. The number of rotatable bonds is 2. The molecule has 1 aromatic carbocycles. The van der Waals surface area contributed by atoms with E-state index in [2.05, 4.69) is 39.8 Å². The van der Waals surface area contributed by atoms with Crippen molar-refractivity contribution in [3.8, 4) is 11.3 Å². The molecule has 1 unspecified atom stereocenters. The Hall–Kier alpha value is -1.61. The van der Waals surface area contributed by atoms with Crippen molar-refractivity contribution in [2.75, 3.05) is 13.1 Å². The third-order valence-electron chi connectivity index (χ3n) is 4.73. The Morgan fingerprint density at radius 2 is 2.00 bits per heavy atom. The van der Waals surface area contributed by atoms with Crippen LogP contribution in [-0.2, 0) is 12.8 Å². The highest BCUT2D eigenvalue weighted by Crippen LogP contribution is 2.29. The third-order valence-corrected chi connectivity index (χ3v) is 4.73. The Morgan fingerprint density at radius 1 is 1.05 bits per heavy atom. The Balaban J connectivity index is 1.61. The number of aromatic nitrogens is 2. The van der Waals surface area contributed by atoms with Gasteiger partial charge in [-0.05, 0) is 61.9 Å². The Labute approximate surface area is 119 Å². The van der Waals surface area contributed by atoms with Gasteiger partial charge in [0.25, 0.3) is 0 Å². The number of benzene rings is 1. The molecule has 1 atom stereocenters. The molecule has 1 saturated heterocycles. The standard InChI is InChI=1S/C17H21N3/c1-3-12-6-7-14(9-13(12)4-1)16-10-17(20-19-16)15-5-2-8-18-11-15/h6-7,9-10,15,18H,1-5,8,11H2,(H,19,20). The third kappa shape index (κ3) is 2.16. The maximum atomic E-state index is 4.53. The summed E-state index contributed by atoms with van der Waals surface area (Å²) in [7, 11) is 0. The Morgan fingerprint density at radius 3 is 2.90 bits per heavy atom. The first-order valence-corrected chi connectivity index (χ1v) is 7.78.